The van der Waals surface area contributed by atoms with Crippen molar-refractivity contribution < 1.29 is 0 Å². The summed E-state index contributed by atoms with van der Waals surface area (Å²) in [5.41, 5.74) is 8.57. The summed E-state index contributed by atoms with van der Waals surface area (Å²) in [6.07, 6.45) is 2.92. The van der Waals surface area contributed by atoms with Crippen LogP contribution in [0.1, 0.15) is 19.4 Å². The van der Waals surface area contributed by atoms with Crippen LogP contribution in [0.15, 0.2) is 30.5 Å². The first-order valence-electron chi connectivity index (χ1n) is 5.48. The van der Waals surface area contributed by atoms with Crippen molar-refractivity contribution in [3.8, 4) is 0 Å². The first kappa shape index (κ1) is 10.2. The highest BCUT2D eigenvalue weighted by Crippen LogP contribution is 2.16. The third-order valence-corrected chi connectivity index (χ3v) is 2.95. The van der Waals surface area contributed by atoms with Gasteiger partial charge in [0.25, 0.3) is 0 Å². The summed E-state index contributed by atoms with van der Waals surface area (Å²) in [6, 6.07) is 8.84. The molecule has 1 aromatic carbocycles. The number of rotatable bonds is 3. The van der Waals surface area contributed by atoms with Crippen molar-refractivity contribution in [1.82, 2.24) is 4.98 Å². The maximum Gasteiger partial charge on any atom is 0.0456 e. The lowest BCUT2D eigenvalue weighted by Crippen LogP contribution is -2.28. The molecule has 3 N–H and O–H groups in total. The molecule has 0 bridgehead atoms. The van der Waals surface area contributed by atoms with Crippen molar-refractivity contribution >= 4 is 10.9 Å². The SMILES string of the molecule is CC(C)C(N)Cc1ccc2cc[nH]c2c1. The molecule has 80 valence electrons. The summed E-state index contributed by atoms with van der Waals surface area (Å²) in [4.78, 5) is 3.22. The zero-order valence-electron chi connectivity index (χ0n) is 9.33. The average Bonchev–Trinajstić information content (AvgIpc) is 2.64. The van der Waals surface area contributed by atoms with Gasteiger partial charge in [-0.05, 0) is 35.4 Å². The molecule has 0 saturated carbocycles. The number of benzene rings is 1. The molecule has 1 atom stereocenters. The fourth-order valence-electron chi connectivity index (χ4n) is 1.73. The number of nitrogens with one attached hydrogen (secondary N) is 1. The van der Waals surface area contributed by atoms with E-state index in [1.165, 1.54) is 16.5 Å². The van der Waals surface area contributed by atoms with Gasteiger partial charge < -0.3 is 10.7 Å². The van der Waals surface area contributed by atoms with Crippen molar-refractivity contribution in [2.24, 2.45) is 11.7 Å². The third kappa shape index (κ3) is 2.21. The molecule has 2 rings (SSSR count). The van der Waals surface area contributed by atoms with Crippen molar-refractivity contribution in [3.05, 3.63) is 36.0 Å². The van der Waals surface area contributed by atoms with E-state index in [0.717, 1.165) is 6.42 Å². The topological polar surface area (TPSA) is 41.8 Å². The van der Waals surface area contributed by atoms with Crippen LogP contribution >= 0.6 is 0 Å². The van der Waals surface area contributed by atoms with Gasteiger partial charge in [-0.25, -0.2) is 0 Å². The van der Waals surface area contributed by atoms with Crippen LogP contribution in [0.25, 0.3) is 10.9 Å². The number of fused-ring (bicyclic) bond motifs is 1. The van der Waals surface area contributed by atoms with E-state index in [-0.39, 0.29) is 6.04 Å². The van der Waals surface area contributed by atoms with Gasteiger partial charge in [0.2, 0.25) is 0 Å². The summed E-state index contributed by atoms with van der Waals surface area (Å²) in [7, 11) is 0. The van der Waals surface area contributed by atoms with Crippen LogP contribution in [0.3, 0.4) is 0 Å². The fourth-order valence-corrected chi connectivity index (χ4v) is 1.73. The predicted molar refractivity (Wildman–Crippen MR) is 64.8 cm³/mol. The second kappa shape index (κ2) is 4.07. The zero-order chi connectivity index (χ0) is 10.8. The highest BCUT2D eigenvalue weighted by molar-refractivity contribution is 5.79. The summed E-state index contributed by atoms with van der Waals surface area (Å²) in [6.45, 7) is 4.33. The summed E-state index contributed by atoms with van der Waals surface area (Å²) in [5.74, 6) is 0.532. The quantitative estimate of drug-likeness (QED) is 0.789. The minimum atomic E-state index is 0.248. The minimum Gasteiger partial charge on any atom is -0.361 e. The number of H-pyrrole nitrogens is 1. The van der Waals surface area contributed by atoms with Gasteiger partial charge in [0.15, 0.2) is 0 Å². The maximum absolute atomic E-state index is 6.06. The minimum absolute atomic E-state index is 0.248. The Morgan fingerprint density at radius 2 is 2.07 bits per heavy atom. The zero-order valence-corrected chi connectivity index (χ0v) is 9.33. The lowest BCUT2D eigenvalue weighted by molar-refractivity contribution is 0.491. The van der Waals surface area contributed by atoms with Crippen LogP contribution in [-0.4, -0.2) is 11.0 Å². The van der Waals surface area contributed by atoms with Gasteiger partial charge in [0.05, 0.1) is 0 Å². The Labute approximate surface area is 90.5 Å². The largest absolute Gasteiger partial charge is 0.361 e. The van der Waals surface area contributed by atoms with Gasteiger partial charge in [-0.15, -0.1) is 0 Å². The molecule has 2 aromatic rings. The smallest absolute Gasteiger partial charge is 0.0456 e. The Kier molecular flexibility index (Phi) is 2.78. The first-order chi connectivity index (χ1) is 7.16. The summed E-state index contributed by atoms with van der Waals surface area (Å²) < 4.78 is 0. The van der Waals surface area contributed by atoms with Gasteiger partial charge in [-0.1, -0.05) is 26.0 Å². The first-order valence-corrected chi connectivity index (χ1v) is 5.48. The molecule has 0 spiro atoms. The second-order valence-corrected chi connectivity index (χ2v) is 4.51. The molecule has 0 aliphatic heterocycles. The molecule has 1 aromatic heterocycles. The van der Waals surface area contributed by atoms with Crippen LogP contribution in [0.4, 0.5) is 0 Å². The Bertz CT molecular complexity index is 442. The molecule has 0 aliphatic carbocycles. The van der Waals surface area contributed by atoms with E-state index in [4.69, 9.17) is 5.73 Å². The molecule has 0 radical (unpaired) electrons. The molecule has 0 saturated heterocycles. The van der Waals surface area contributed by atoms with Crippen molar-refractivity contribution in [3.63, 3.8) is 0 Å². The molecule has 0 fully saturated rings. The lowest BCUT2D eigenvalue weighted by Gasteiger charge is -2.15. The Balaban J connectivity index is 2.21. The summed E-state index contributed by atoms with van der Waals surface area (Å²) >= 11 is 0. The van der Waals surface area contributed by atoms with E-state index in [1.807, 2.05) is 6.20 Å². The van der Waals surface area contributed by atoms with Crippen molar-refractivity contribution in [2.75, 3.05) is 0 Å². The molecule has 15 heavy (non-hydrogen) atoms. The molecule has 1 heterocycles. The number of nitrogens with two attached hydrogens (primary N) is 1. The Hall–Kier alpha value is -1.28. The van der Waals surface area contributed by atoms with E-state index in [0.29, 0.717) is 5.92 Å². The van der Waals surface area contributed by atoms with E-state index in [2.05, 4.69) is 43.1 Å². The van der Waals surface area contributed by atoms with Crippen LogP contribution in [0, 0.1) is 5.92 Å². The standard InChI is InChI=1S/C13H18N2/c1-9(2)12(14)7-10-3-4-11-5-6-15-13(11)8-10/h3-6,8-9,12,15H,7,14H2,1-2H3. The normalized spacial score (nSPS) is 13.6. The predicted octanol–water partition coefficient (Wildman–Crippen LogP) is 2.69. The van der Waals surface area contributed by atoms with Crippen molar-refractivity contribution in [2.45, 2.75) is 26.3 Å². The van der Waals surface area contributed by atoms with Crippen LogP contribution in [-0.2, 0) is 6.42 Å². The molecule has 0 amide bonds. The highest BCUT2D eigenvalue weighted by atomic mass is 14.7. The van der Waals surface area contributed by atoms with Gasteiger partial charge in [0, 0.05) is 17.8 Å². The van der Waals surface area contributed by atoms with Gasteiger partial charge in [-0.3, -0.25) is 0 Å². The molecular weight excluding hydrogens is 184 g/mol. The molecule has 2 nitrogen and oxygen atoms in total. The Morgan fingerprint density at radius 3 is 2.80 bits per heavy atom. The van der Waals surface area contributed by atoms with E-state index in [1.54, 1.807) is 0 Å². The summed E-state index contributed by atoms with van der Waals surface area (Å²) in [5, 5.41) is 1.26. The van der Waals surface area contributed by atoms with E-state index in [9.17, 15) is 0 Å². The molecule has 0 aliphatic rings. The monoisotopic (exact) mass is 202 g/mol. The lowest BCUT2D eigenvalue weighted by atomic mass is 9.97. The number of hydrogen-bond donors (Lipinski definition) is 2. The number of hydrogen-bond acceptors (Lipinski definition) is 1. The average molecular weight is 202 g/mol. The third-order valence-electron chi connectivity index (χ3n) is 2.95. The van der Waals surface area contributed by atoms with Gasteiger partial charge in [0.1, 0.15) is 0 Å². The van der Waals surface area contributed by atoms with Crippen LogP contribution < -0.4 is 5.73 Å². The van der Waals surface area contributed by atoms with E-state index < -0.39 is 0 Å². The number of aromatic nitrogens is 1. The maximum atomic E-state index is 6.06. The second-order valence-electron chi connectivity index (χ2n) is 4.51. The number of aromatic amines is 1. The van der Waals surface area contributed by atoms with Crippen LogP contribution in [0.5, 0.6) is 0 Å². The van der Waals surface area contributed by atoms with Crippen molar-refractivity contribution in [1.29, 1.82) is 0 Å². The fraction of sp³-hybridized carbons (Fsp3) is 0.385. The molecular formula is C13H18N2. The van der Waals surface area contributed by atoms with E-state index >= 15 is 0 Å². The van der Waals surface area contributed by atoms with Crippen LogP contribution in [0.2, 0.25) is 0 Å². The van der Waals surface area contributed by atoms with Gasteiger partial charge in [-0.2, -0.15) is 0 Å². The molecule has 2 heteroatoms. The molecule has 1 unspecified atom stereocenters. The van der Waals surface area contributed by atoms with Gasteiger partial charge >= 0.3 is 0 Å². The highest BCUT2D eigenvalue weighted by Gasteiger charge is 2.08. The Morgan fingerprint density at radius 1 is 1.27 bits per heavy atom.